The molecule has 0 fully saturated rings. The van der Waals surface area contributed by atoms with E-state index in [2.05, 4.69) is 21.8 Å². The monoisotopic (exact) mass is 242 g/mol. The molecule has 2 aromatic rings. The van der Waals surface area contributed by atoms with Crippen molar-refractivity contribution in [3.8, 4) is 11.8 Å². The first kappa shape index (κ1) is 12.1. The number of benzene rings is 1. The Labute approximate surface area is 104 Å². The van der Waals surface area contributed by atoms with E-state index in [-0.39, 0.29) is 11.4 Å². The SMILES string of the molecule is O=c1[nH]c(CF)cnc1C#CCc1ccccc1. The third-order valence-corrected chi connectivity index (χ3v) is 2.32. The lowest BCUT2D eigenvalue weighted by Crippen LogP contribution is -2.14. The summed E-state index contributed by atoms with van der Waals surface area (Å²) in [7, 11) is 0. The molecule has 2 rings (SSSR count). The van der Waals surface area contributed by atoms with E-state index in [1.807, 2.05) is 30.3 Å². The Balaban J connectivity index is 2.13. The standard InChI is InChI=1S/C14H11FN2O/c15-9-12-10-16-13(14(18)17-12)8-4-7-11-5-2-1-3-6-11/h1-3,5-6,10H,7,9H2,(H,17,18). The number of hydrogen-bond donors (Lipinski definition) is 1. The van der Waals surface area contributed by atoms with E-state index in [9.17, 15) is 9.18 Å². The van der Waals surface area contributed by atoms with E-state index in [1.54, 1.807) is 0 Å². The van der Waals surface area contributed by atoms with Crippen molar-refractivity contribution in [3.63, 3.8) is 0 Å². The Morgan fingerprint density at radius 3 is 2.72 bits per heavy atom. The molecule has 90 valence electrons. The first-order chi connectivity index (χ1) is 8.79. The topological polar surface area (TPSA) is 45.8 Å². The van der Waals surface area contributed by atoms with Crippen LogP contribution in [0.3, 0.4) is 0 Å². The van der Waals surface area contributed by atoms with E-state index in [4.69, 9.17) is 0 Å². The molecule has 4 heteroatoms. The summed E-state index contributed by atoms with van der Waals surface area (Å²) in [6.45, 7) is -0.736. The maximum Gasteiger partial charge on any atom is 0.282 e. The second-order valence-corrected chi connectivity index (χ2v) is 3.68. The number of halogens is 1. The van der Waals surface area contributed by atoms with Crippen molar-refractivity contribution in [2.45, 2.75) is 13.1 Å². The summed E-state index contributed by atoms with van der Waals surface area (Å²) < 4.78 is 12.3. The minimum Gasteiger partial charge on any atom is -0.320 e. The zero-order valence-electron chi connectivity index (χ0n) is 9.61. The summed E-state index contributed by atoms with van der Waals surface area (Å²) in [5.74, 6) is 5.56. The third-order valence-electron chi connectivity index (χ3n) is 2.32. The van der Waals surface area contributed by atoms with Gasteiger partial charge in [0.15, 0.2) is 5.69 Å². The quantitative estimate of drug-likeness (QED) is 0.817. The lowest BCUT2D eigenvalue weighted by molar-refractivity contribution is 0.473. The molecule has 0 spiro atoms. The van der Waals surface area contributed by atoms with Crippen molar-refractivity contribution in [1.82, 2.24) is 9.97 Å². The van der Waals surface area contributed by atoms with Crippen LogP contribution in [0.2, 0.25) is 0 Å². The molecule has 1 N–H and O–H groups in total. The molecule has 0 amide bonds. The van der Waals surface area contributed by atoms with Crippen LogP contribution in [0.5, 0.6) is 0 Å². The highest BCUT2D eigenvalue weighted by Gasteiger charge is 1.98. The molecule has 0 saturated heterocycles. The van der Waals surface area contributed by atoms with Crippen molar-refractivity contribution in [1.29, 1.82) is 0 Å². The predicted octanol–water partition coefficient (Wildman–Crippen LogP) is 1.83. The number of aromatic nitrogens is 2. The molecule has 3 nitrogen and oxygen atoms in total. The fourth-order valence-corrected chi connectivity index (χ4v) is 1.42. The maximum absolute atomic E-state index is 12.3. The minimum atomic E-state index is -0.736. The van der Waals surface area contributed by atoms with Gasteiger partial charge in [-0.2, -0.15) is 0 Å². The summed E-state index contributed by atoms with van der Waals surface area (Å²) in [6, 6.07) is 9.70. The van der Waals surface area contributed by atoms with E-state index in [0.717, 1.165) is 5.56 Å². The highest BCUT2D eigenvalue weighted by Crippen LogP contribution is 1.98. The molecule has 1 aromatic carbocycles. The Morgan fingerprint density at radius 2 is 2.06 bits per heavy atom. The molecular formula is C14H11FN2O. The first-order valence-corrected chi connectivity index (χ1v) is 5.46. The van der Waals surface area contributed by atoms with Crippen molar-refractivity contribution in [2.75, 3.05) is 0 Å². The zero-order valence-corrected chi connectivity index (χ0v) is 9.61. The number of nitrogens with one attached hydrogen (secondary N) is 1. The van der Waals surface area contributed by atoms with Crippen LogP contribution in [0.15, 0.2) is 41.3 Å². The Hall–Kier alpha value is -2.41. The number of hydrogen-bond acceptors (Lipinski definition) is 2. The Kier molecular flexibility index (Phi) is 3.87. The van der Waals surface area contributed by atoms with Gasteiger partial charge < -0.3 is 4.98 Å². The Morgan fingerprint density at radius 1 is 1.28 bits per heavy atom. The van der Waals surface area contributed by atoms with Crippen LogP contribution in [0.25, 0.3) is 0 Å². The van der Waals surface area contributed by atoms with Gasteiger partial charge in [-0.25, -0.2) is 9.37 Å². The fourth-order valence-electron chi connectivity index (χ4n) is 1.42. The van der Waals surface area contributed by atoms with Gasteiger partial charge in [-0.15, -0.1) is 0 Å². The summed E-state index contributed by atoms with van der Waals surface area (Å²) >= 11 is 0. The predicted molar refractivity (Wildman–Crippen MR) is 66.7 cm³/mol. The summed E-state index contributed by atoms with van der Waals surface area (Å²) in [4.78, 5) is 17.7. The van der Waals surface area contributed by atoms with Crippen LogP contribution in [0.4, 0.5) is 4.39 Å². The highest BCUT2D eigenvalue weighted by atomic mass is 19.1. The summed E-state index contributed by atoms with van der Waals surface area (Å²) in [5.41, 5.74) is 0.893. The molecule has 0 aliphatic heterocycles. The molecule has 0 saturated carbocycles. The minimum absolute atomic E-state index is 0.114. The molecule has 0 atom stereocenters. The second-order valence-electron chi connectivity index (χ2n) is 3.68. The molecule has 0 aliphatic rings. The van der Waals surface area contributed by atoms with Gasteiger partial charge in [-0.3, -0.25) is 4.79 Å². The largest absolute Gasteiger partial charge is 0.320 e. The number of alkyl halides is 1. The number of nitrogens with zero attached hydrogens (tertiary/aromatic N) is 1. The lowest BCUT2D eigenvalue weighted by atomic mass is 10.1. The van der Waals surface area contributed by atoms with Gasteiger partial charge in [0, 0.05) is 6.42 Å². The van der Waals surface area contributed by atoms with Gasteiger partial charge in [0.25, 0.3) is 5.56 Å². The van der Waals surface area contributed by atoms with Crippen molar-refractivity contribution >= 4 is 0 Å². The van der Waals surface area contributed by atoms with E-state index < -0.39 is 12.2 Å². The first-order valence-electron chi connectivity index (χ1n) is 5.46. The number of H-pyrrole nitrogens is 1. The second kappa shape index (κ2) is 5.78. The van der Waals surface area contributed by atoms with Crippen molar-refractivity contribution < 1.29 is 4.39 Å². The van der Waals surface area contributed by atoms with Crippen LogP contribution in [0.1, 0.15) is 17.0 Å². The van der Waals surface area contributed by atoms with Crippen LogP contribution in [0, 0.1) is 11.8 Å². The molecular weight excluding hydrogens is 231 g/mol. The molecule has 0 bridgehead atoms. The van der Waals surface area contributed by atoms with Gasteiger partial charge in [-0.05, 0) is 11.5 Å². The van der Waals surface area contributed by atoms with Gasteiger partial charge in [-0.1, -0.05) is 36.3 Å². The molecule has 0 unspecified atom stereocenters. The normalized spacial score (nSPS) is 9.61. The van der Waals surface area contributed by atoms with E-state index in [1.165, 1.54) is 6.20 Å². The smallest absolute Gasteiger partial charge is 0.282 e. The van der Waals surface area contributed by atoms with Crippen molar-refractivity contribution in [3.05, 3.63) is 63.8 Å². The molecule has 1 heterocycles. The fraction of sp³-hybridized carbons (Fsp3) is 0.143. The molecule has 18 heavy (non-hydrogen) atoms. The highest BCUT2D eigenvalue weighted by molar-refractivity contribution is 5.28. The van der Waals surface area contributed by atoms with E-state index in [0.29, 0.717) is 6.42 Å². The van der Waals surface area contributed by atoms with Gasteiger partial charge in [0.05, 0.1) is 11.9 Å². The van der Waals surface area contributed by atoms with Crippen LogP contribution in [-0.4, -0.2) is 9.97 Å². The van der Waals surface area contributed by atoms with Crippen LogP contribution < -0.4 is 5.56 Å². The summed E-state index contributed by atoms with van der Waals surface area (Å²) in [6.07, 6.45) is 1.83. The van der Waals surface area contributed by atoms with Crippen LogP contribution >= 0.6 is 0 Å². The van der Waals surface area contributed by atoms with Gasteiger partial charge in [0.1, 0.15) is 6.67 Å². The van der Waals surface area contributed by atoms with Gasteiger partial charge in [0.2, 0.25) is 0 Å². The van der Waals surface area contributed by atoms with E-state index >= 15 is 0 Å². The molecule has 0 aliphatic carbocycles. The number of rotatable bonds is 2. The zero-order chi connectivity index (χ0) is 12.8. The molecule has 0 radical (unpaired) electrons. The molecule has 1 aromatic heterocycles. The average molecular weight is 242 g/mol. The third kappa shape index (κ3) is 3.05. The maximum atomic E-state index is 12.3. The van der Waals surface area contributed by atoms with Gasteiger partial charge >= 0.3 is 0 Å². The lowest BCUT2D eigenvalue weighted by Gasteiger charge is -1.94. The average Bonchev–Trinajstić information content (AvgIpc) is 2.42. The Bertz CT molecular complexity index is 638. The van der Waals surface area contributed by atoms with Crippen LogP contribution in [-0.2, 0) is 13.1 Å². The number of aromatic amines is 1. The van der Waals surface area contributed by atoms with Crippen molar-refractivity contribution in [2.24, 2.45) is 0 Å². The summed E-state index contributed by atoms with van der Waals surface area (Å²) in [5, 5.41) is 0.